The highest BCUT2D eigenvalue weighted by atomic mass is 16.5. The molecule has 0 aliphatic carbocycles. The summed E-state index contributed by atoms with van der Waals surface area (Å²) in [4.78, 5) is 24.5. The van der Waals surface area contributed by atoms with Gasteiger partial charge >= 0.3 is 5.97 Å². The van der Waals surface area contributed by atoms with Crippen LogP contribution in [0.5, 0.6) is 5.75 Å². The molecule has 0 saturated carbocycles. The molecule has 1 aromatic rings. The lowest BCUT2D eigenvalue weighted by Crippen LogP contribution is -2.53. The number of aliphatic carboxylic acids is 1. The normalized spacial score (nSPS) is 18.3. The minimum Gasteiger partial charge on any atom is -0.484 e. The van der Waals surface area contributed by atoms with E-state index in [4.69, 9.17) is 14.6 Å². The smallest absolute Gasteiger partial charge is 0.328 e. The van der Waals surface area contributed by atoms with Crippen LogP contribution in [0.4, 0.5) is 0 Å². The monoisotopic (exact) mass is 293 g/mol. The molecule has 1 amide bonds. The van der Waals surface area contributed by atoms with Gasteiger partial charge in [-0.3, -0.25) is 4.79 Å². The SMILES string of the molecule is CCc1ccc(OCC(=O)N2CCOC[C@@H]2C(=O)O)cc1. The summed E-state index contributed by atoms with van der Waals surface area (Å²) in [6, 6.07) is 6.56. The average molecular weight is 293 g/mol. The molecule has 1 fully saturated rings. The van der Waals surface area contributed by atoms with Gasteiger partial charge in [-0.15, -0.1) is 0 Å². The molecule has 1 N–H and O–H groups in total. The Kier molecular flexibility index (Phi) is 5.16. The molecular weight excluding hydrogens is 274 g/mol. The summed E-state index contributed by atoms with van der Waals surface area (Å²) in [5.74, 6) is -0.804. The molecule has 2 rings (SSSR count). The Labute approximate surface area is 123 Å². The van der Waals surface area contributed by atoms with E-state index < -0.39 is 12.0 Å². The van der Waals surface area contributed by atoms with Crippen molar-refractivity contribution in [3.05, 3.63) is 29.8 Å². The summed E-state index contributed by atoms with van der Waals surface area (Å²) in [6.45, 7) is 2.53. The number of carbonyl (C=O) groups excluding carboxylic acids is 1. The van der Waals surface area contributed by atoms with Gasteiger partial charge in [-0.2, -0.15) is 0 Å². The molecule has 1 saturated heterocycles. The van der Waals surface area contributed by atoms with E-state index in [1.165, 1.54) is 10.5 Å². The minimum absolute atomic E-state index is 0.0201. The van der Waals surface area contributed by atoms with Crippen LogP contribution < -0.4 is 4.74 Å². The Bertz CT molecular complexity index is 499. The van der Waals surface area contributed by atoms with Gasteiger partial charge in [0.05, 0.1) is 13.2 Å². The van der Waals surface area contributed by atoms with Gasteiger partial charge in [0, 0.05) is 6.54 Å². The molecule has 1 aliphatic heterocycles. The second-order valence-corrected chi connectivity index (χ2v) is 4.80. The number of carboxylic acid groups (broad SMARTS) is 1. The second-order valence-electron chi connectivity index (χ2n) is 4.80. The van der Waals surface area contributed by atoms with Crippen molar-refractivity contribution in [1.82, 2.24) is 4.90 Å². The topological polar surface area (TPSA) is 76.1 Å². The molecule has 6 heteroatoms. The standard InChI is InChI=1S/C15H19NO5/c1-2-11-3-5-12(6-4-11)21-10-14(17)16-7-8-20-9-13(16)15(18)19/h3-6,13H,2,7-10H2,1H3,(H,18,19)/t13-/m1/s1. The summed E-state index contributed by atoms with van der Waals surface area (Å²) in [5, 5.41) is 9.09. The van der Waals surface area contributed by atoms with Gasteiger partial charge in [-0.25, -0.2) is 4.79 Å². The van der Waals surface area contributed by atoms with Gasteiger partial charge in [0.25, 0.3) is 5.91 Å². The third-order valence-corrected chi connectivity index (χ3v) is 3.43. The number of benzene rings is 1. The molecule has 1 aromatic carbocycles. The van der Waals surface area contributed by atoms with Crippen molar-refractivity contribution in [3.63, 3.8) is 0 Å². The summed E-state index contributed by atoms with van der Waals surface area (Å²) in [5.41, 5.74) is 1.19. The van der Waals surface area contributed by atoms with E-state index in [1.807, 2.05) is 12.1 Å². The summed E-state index contributed by atoms with van der Waals surface area (Å²) in [7, 11) is 0. The van der Waals surface area contributed by atoms with Crippen molar-refractivity contribution in [3.8, 4) is 5.75 Å². The first-order valence-corrected chi connectivity index (χ1v) is 6.93. The zero-order chi connectivity index (χ0) is 15.2. The molecule has 1 heterocycles. The Morgan fingerprint density at radius 2 is 2.10 bits per heavy atom. The van der Waals surface area contributed by atoms with E-state index >= 15 is 0 Å². The summed E-state index contributed by atoms with van der Waals surface area (Å²) in [6.07, 6.45) is 0.938. The number of ether oxygens (including phenoxy) is 2. The quantitative estimate of drug-likeness (QED) is 0.874. The van der Waals surface area contributed by atoms with Crippen LogP contribution in [-0.4, -0.2) is 54.3 Å². The maximum atomic E-state index is 12.1. The van der Waals surface area contributed by atoms with Crippen LogP contribution >= 0.6 is 0 Å². The lowest BCUT2D eigenvalue weighted by Gasteiger charge is -2.32. The molecule has 0 unspecified atom stereocenters. The predicted octanol–water partition coefficient (Wildman–Crippen LogP) is 0.940. The van der Waals surface area contributed by atoms with Crippen molar-refractivity contribution in [2.75, 3.05) is 26.4 Å². The Hall–Kier alpha value is -2.08. The number of amides is 1. The maximum Gasteiger partial charge on any atom is 0.328 e. The third kappa shape index (κ3) is 3.95. The number of hydrogen-bond donors (Lipinski definition) is 1. The van der Waals surface area contributed by atoms with Crippen molar-refractivity contribution in [2.45, 2.75) is 19.4 Å². The number of nitrogens with zero attached hydrogens (tertiary/aromatic N) is 1. The van der Waals surface area contributed by atoms with E-state index in [0.29, 0.717) is 12.4 Å². The number of aryl methyl sites for hydroxylation is 1. The van der Waals surface area contributed by atoms with E-state index in [-0.39, 0.29) is 25.7 Å². The van der Waals surface area contributed by atoms with E-state index in [0.717, 1.165) is 6.42 Å². The number of rotatable bonds is 5. The van der Waals surface area contributed by atoms with E-state index in [1.54, 1.807) is 12.1 Å². The third-order valence-electron chi connectivity index (χ3n) is 3.43. The molecule has 0 radical (unpaired) electrons. The zero-order valence-electron chi connectivity index (χ0n) is 11.9. The first-order valence-electron chi connectivity index (χ1n) is 6.93. The Morgan fingerprint density at radius 1 is 1.38 bits per heavy atom. The van der Waals surface area contributed by atoms with Crippen LogP contribution in [0.15, 0.2) is 24.3 Å². The molecule has 0 bridgehead atoms. The van der Waals surface area contributed by atoms with Gasteiger partial charge in [-0.1, -0.05) is 19.1 Å². The number of carbonyl (C=O) groups is 2. The molecule has 6 nitrogen and oxygen atoms in total. The molecule has 1 aliphatic rings. The van der Waals surface area contributed by atoms with Crippen LogP contribution in [0.25, 0.3) is 0 Å². The van der Waals surface area contributed by atoms with Crippen molar-refractivity contribution < 1.29 is 24.2 Å². The van der Waals surface area contributed by atoms with Crippen LogP contribution in [-0.2, 0) is 20.7 Å². The zero-order valence-corrected chi connectivity index (χ0v) is 11.9. The lowest BCUT2D eigenvalue weighted by atomic mass is 10.2. The fraction of sp³-hybridized carbons (Fsp3) is 0.467. The Morgan fingerprint density at radius 3 is 2.71 bits per heavy atom. The average Bonchev–Trinajstić information content (AvgIpc) is 2.53. The molecule has 0 aromatic heterocycles. The van der Waals surface area contributed by atoms with Crippen molar-refractivity contribution >= 4 is 11.9 Å². The summed E-state index contributed by atoms with van der Waals surface area (Å²) >= 11 is 0. The summed E-state index contributed by atoms with van der Waals surface area (Å²) < 4.78 is 10.5. The highest BCUT2D eigenvalue weighted by Gasteiger charge is 2.32. The van der Waals surface area contributed by atoms with Crippen LogP contribution in [0.2, 0.25) is 0 Å². The fourth-order valence-electron chi connectivity index (χ4n) is 2.16. The largest absolute Gasteiger partial charge is 0.484 e. The van der Waals surface area contributed by atoms with Gasteiger partial charge in [-0.05, 0) is 24.1 Å². The lowest BCUT2D eigenvalue weighted by molar-refractivity contribution is -0.159. The van der Waals surface area contributed by atoms with Crippen molar-refractivity contribution in [1.29, 1.82) is 0 Å². The maximum absolute atomic E-state index is 12.1. The predicted molar refractivity (Wildman–Crippen MR) is 75.3 cm³/mol. The van der Waals surface area contributed by atoms with Gasteiger partial charge < -0.3 is 19.5 Å². The van der Waals surface area contributed by atoms with E-state index in [9.17, 15) is 9.59 Å². The second kappa shape index (κ2) is 7.08. The van der Waals surface area contributed by atoms with Gasteiger partial charge in [0.2, 0.25) is 0 Å². The minimum atomic E-state index is -1.06. The van der Waals surface area contributed by atoms with Crippen LogP contribution in [0.1, 0.15) is 12.5 Å². The number of morpholine rings is 1. The highest BCUT2D eigenvalue weighted by molar-refractivity contribution is 5.84. The van der Waals surface area contributed by atoms with Gasteiger partial charge in [0.15, 0.2) is 12.6 Å². The molecule has 114 valence electrons. The van der Waals surface area contributed by atoms with Crippen molar-refractivity contribution in [2.24, 2.45) is 0 Å². The number of carboxylic acids is 1. The fourth-order valence-corrected chi connectivity index (χ4v) is 2.16. The Balaban J connectivity index is 1.91. The molecule has 1 atom stereocenters. The molecule has 21 heavy (non-hydrogen) atoms. The van der Waals surface area contributed by atoms with Crippen LogP contribution in [0, 0.1) is 0 Å². The molecule has 0 spiro atoms. The first-order chi connectivity index (χ1) is 10.1. The highest BCUT2D eigenvalue weighted by Crippen LogP contribution is 2.13. The van der Waals surface area contributed by atoms with Crippen LogP contribution in [0.3, 0.4) is 0 Å². The number of hydrogen-bond acceptors (Lipinski definition) is 4. The van der Waals surface area contributed by atoms with E-state index in [2.05, 4.69) is 6.92 Å². The van der Waals surface area contributed by atoms with Gasteiger partial charge in [0.1, 0.15) is 5.75 Å². The first kappa shape index (κ1) is 15.3. The molecular formula is C15H19NO5.